The van der Waals surface area contributed by atoms with Crippen molar-refractivity contribution in [3.8, 4) is 0 Å². The van der Waals surface area contributed by atoms with Crippen LogP contribution in [0.2, 0.25) is 0 Å². The van der Waals surface area contributed by atoms with E-state index in [2.05, 4.69) is 21.2 Å². The lowest BCUT2D eigenvalue weighted by Crippen LogP contribution is -2.19. The van der Waals surface area contributed by atoms with Gasteiger partial charge in [-0.1, -0.05) is 0 Å². The average Bonchev–Trinajstić information content (AvgIpc) is 2.78. The molecule has 1 aromatic carbocycles. The van der Waals surface area contributed by atoms with Crippen LogP contribution < -0.4 is 5.32 Å². The zero-order valence-corrected chi connectivity index (χ0v) is 12.4. The highest BCUT2D eigenvalue weighted by molar-refractivity contribution is 9.11. The molecule has 1 atom stereocenters. The first-order valence-corrected chi connectivity index (χ1v) is 7.18. The number of hydrogen-bond donors (Lipinski definition) is 1. The first-order chi connectivity index (χ1) is 9.01. The van der Waals surface area contributed by atoms with Crippen molar-refractivity contribution in [2.24, 2.45) is 0 Å². The van der Waals surface area contributed by atoms with Gasteiger partial charge < -0.3 is 5.32 Å². The molecule has 2 rings (SSSR count). The third-order valence-electron chi connectivity index (χ3n) is 2.79. The summed E-state index contributed by atoms with van der Waals surface area (Å²) in [6.07, 6.45) is 0.581. The van der Waals surface area contributed by atoms with Crippen LogP contribution in [-0.4, -0.2) is 7.05 Å². The zero-order chi connectivity index (χ0) is 14.0. The number of benzene rings is 1. The molecule has 0 fully saturated rings. The van der Waals surface area contributed by atoms with E-state index in [1.165, 1.54) is 0 Å². The van der Waals surface area contributed by atoms with E-state index < -0.39 is 17.5 Å². The second-order valence-electron chi connectivity index (χ2n) is 4.05. The predicted molar refractivity (Wildman–Crippen MR) is 73.8 cm³/mol. The lowest BCUT2D eigenvalue weighted by atomic mass is 10.0. The number of halogens is 4. The normalized spacial score (nSPS) is 12.7. The van der Waals surface area contributed by atoms with Crippen molar-refractivity contribution in [1.82, 2.24) is 5.32 Å². The van der Waals surface area contributed by atoms with Gasteiger partial charge in [-0.2, -0.15) is 0 Å². The van der Waals surface area contributed by atoms with Crippen LogP contribution in [0, 0.1) is 17.5 Å². The van der Waals surface area contributed by atoms with Gasteiger partial charge in [-0.25, -0.2) is 13.2 Å². The van der Waals surface area contributed by atoms with Crippen LogP contribution >= 0.6 is 27.3 Å². The van der Waals surface area contributed by atoms with Crippen molar-refractivity contribution in [3.63, 3.8) is 0 Å². The van der Waals surface area contributed by atoms with Crippen LogP contribution in [0.15, 0.2) is 28.1 Å². The number of hydrogen-bond acceptors (Lipinski definition) is 2. The molecule has 0 aliphatic rings. The predicted octanol–water partition coefficient (Wildman–Crippen LogP) is 4.43. The summed E-state index contributed by atoms with van der Waals surface area (Å²) in [7, 11) is 1.70. The maximum absolute atomic E-state index is 13.2. The highest BCUT2D eigenvalue weighted by Gasteiger charge is 2.17. The Morgan fingerprint density at radius 2 is 1.84 bits per heavy atom. The molecule has 2 aromatic rings. The van der Waals surface area contributed by atoms with Crippen LogP contribution in [0.3, 0.4) is 0 Å². The SMILES string of the molecule is CNC(Cc1ccc(Br)s1)c1cc(F)c(F)c(F)c1. The van der Waals surface area contributed by atoms with Gasteiger partial charge in [0, 0.05) is 17.3 Å². The van der Waals surface area contributed by atoms with Crippen LogP contribution in [0.1, 0.15) is 16.5 Å². The molecule has 102 valence electrons. The van der Waals surface area contributed by atoms with E-state index in [4.69, 9.17) is 0 Å². The van der Waals surface area contributed by atoms with Crippen LogP contribution in [-0.2, 0) is 6.42 Å². The van der Waals surface area contributed by atoms with E-state index in [-0.39, 0.29) is 6.04 Å². The highest BCUT2D eigenvalue weighted by Crippen LogP contribution is 2.28. The Labute approximate surface area is 121 Å². The summed E-state index contributed by atoms with van der Waals surface area (Å²) in [5, 5.41) is 2.99. The molecule has 0 spiro atoms. The van der Waals surface area contributed by atoms with E-state index in [9.17, 15) is 13.2 Å². The summed E-state index contributed by atoms with van der Waals surface area (Å²) in [5.41, 5.74) is 0.392. The number of rotatable bonds is 4. The van der Waals surface area contributed by atoms with Gasteiger partial charge in [0.1, 0.15) is 0 Å². The Bertz CT molecular complexity index is 562. The lowest BCUT2D eigenvalue weighted by Gasteiger charge is -2.16. The van der Waals surface area contributed by atoms with Crippen LogP contribution in [0.5, 0.6) is 0 Å². The Kier molecular flexibility index (Phi) is 4.65. The molecule has 19 heavy (non-hydrogen) atoms. The quantitative estimate of drug-likeness (QED) is 0.805. The molecule has 1 N–H and O–H groups in total. The molecule has 1 nitrogen and oxygen atoms in total. The van der Waals surface area contributed by atoms with E-state index >= 15 is 0 Å². The second kappa shape index (κ2) is 6.07. The summed E-state index contributed by atoms with van der Waals surface area (Å²) >= 11 is 4.91. The van der Waals surface area contributed by atoms with E-state index in [0.29, 0.717) is 12.0 Å². The Hall–Kier alpha value is -0.850. The van der Waals surface area contributed by atoms with Gasteiger partial charge in [-0.3, -0.25) is 0 Å². The first kappa shape index (κ1) is 14.6. The van der Waals surface area contributed by atoms with Crippen molar-refractivity contribution >= 4 is 27.3 Å². The average molecular weight is 350 g/mol. The third kappa shape index (κ3) is 3.38. The van der Waals surface area contributed by atoms with Crippen molar-refractivity contribution < 1.29 is 13.2 Å². The minimum atomic E-state index is -1.43. The smallest absolute Gasteiger partial charge is 0.194 e. The molecule has 0 saturated heterocycles. The van der Waals surface area contributed by atoms with E-state index in [0.717, 1.165) is 20.8 Å². The second-order valence-corrected chi connectivity index (χ2v) is 6.60. The van der Waals surface area contributed by atoms with Gasteiger partial charge >= 0.3 is 0 Å². The maximum atomic E-state index is 13.2. The Morgan fingerprint density at radius 1 is 1.21 bits per heavy atom. The third-order valence-corrected chi connectivity index (χ3v) is 4.44. The van der Waals surface area contributed by atoms with Gasteiger partial charge in [-0.15, -0.1) is 11.3 Å². The molecular weight excluding hydrogens is 339 g/mol. The summed E-state index contributed by atoms with van der Waals surface area (Å²) in [6.45, 7) is 0. The van der Waals surface area contributed by atoms with Gasteiger partial charge in [0.2, 0.25) is 0 Å². The number of nitrogens with one attached hydrogen (secondary N) is 1. The fraction of sp³-hybridized carbons (Fsp3) is 0.231. The summed E-state index contributed by atoms with van der Waals surface area (Å²) in [5.74, 6) is -3.76. The Balaban J connectivity index is 2.27. The molecule has 0 aliphatic heterocycles. The lowest BCUT2D eigenvalue weighted by molar-refractivity contribution is 0.441. The topological polar surface area (TPSA) is 12.0 Å². The summed E-state index contributed by atoms with van der Waals surface area (Å²) in [6, 6.07) is 5.65. The minimum Gasteiger partial charge on any atom is -0.313 e. The van der Waals surface area contributed by atoms with Gasteiger partial charge in [-0.05, 0) is 52.8 Å². The van der Waals surface area contributed by atoms with Crippen molar-refractivity contribution in [1.29, 1.82) is 0 Å². The molecule has 0 aliphatic carbocycles. The Morgan fingerprint density at radius 3 is 2.32 bits per heavy atom. The minimum absolute atomic E-state index is 0.268. The number of thiophene rings is 1. The first-order valence-electron chi connectivity index (χ1n) is 5.57. The van der Waals surface area contributed by atoms with Gasteiger partial charge in [0.25, 0.3) is 0 Å². The molecule has 6 heteroatoms. The highest BCUT2D eigenvalue weighted by atomic mass is 79.9. The van der Waals surface area contributed by atoms with E-state index in [1.54, 1.807) is 18.4 Å². The van der Waals surface area contributed by atoms with Crippen molar-refractivity contribution in [2.45, 2.75) is 12.5 Å². The molecule has 0 amide bonds. The van der Waals surface area contributed by atoms with Crippen LogP contribution in [0.25, 0.3) is 0 Å². The molecule has 0 radical (unpaired) electrons. The molecule has 1 aromatic heterocycles. The standard InChI is InChI=1S/C13H11BrF3NS/c1-18-11(6-8-2-3-12(14)19-8)7-4-9(15)13(17)10(16)5-7/h2-5,11,18H,6H2,1H3. The van der Waals surface area contributed by atoms with Gasteiger partial charge in [0.05, 0.1) is 3.79 Å². The largest absolute Gasteiger partial charge is 0.313 e. The molecular formula is C13H11BrF3NS. The molecule has 0 bridgehead atoms. The molecule has 0 saturated carbocycles. The maximum Gasteiger partial charge on any atom is 0.194 e. The fourth-order valence-corrected chi connectivity index (χ4v) is 3.35. The molecule has 1 heterocycles. The molecule has 1 unspecified atom stereocenters. The van der Waals surface area contributed by atoms with Gasteiger partial charge in [0.15, 0.2) is 17.5 Å². The van der Waals surface area contributed by atoms with E-state index in [1.807, 2.05) is 12.1 Å². The van der Waals surface area contributed by atoms with Crippen molar-refractivity contribution in [2.75, 3.05) is 7.05 Å². The summed E-state index contributed by atoms with van der Waals surface area (Å²) in [4.78, 5) is 1.07. The monoisotopic (exact) mass is 349 g/mol. The van der Waals surface area contributed by atoms with Crippen LogP contribution in [0.4, 0.5) is 13.2 Å². The summed E-state index contributed by atoms with van der Waals surface area (Å²) < 4.78 is 40.4. The number of likely N-dealkylation sites (N-methyl/N-ethyl adjacent to an activating group) is 1. The zero-order valence-electron chi connectivity index (χ0n) is 10.0. The van der Waals surface area contributed by atoms with Crippen molar-refractivity contribution in [3.05, 3.63) is 55.9 Å². The fourth-order valence-electron chi connectivity index (χ4n) is 1.83.